The van der Waals surface area contributed by atoms with Crippen LogP contribution in [0, 0.1) is 6.92 Å². The van der Waals surface area contributed by atoms with Crippen molar-refractivity contribution in [2.45, 2.75) is 37.1 Å². The van der Waals surface area contributed by atoms with Gasteiger partial charge in [0, 0.05) is 6.54 Å². The molecular weight excluding hydrogens is 478 g/mol. The van der Waals surface area contributed by atoms with Crippen molar-refractivity contribution in [3.8, 4) is 0 Å². The first-order valence-corrected chi connectivity index (χ1v) is 13.1. The smallest absolute Gasteiger partial charge is 0.257 e. The van der Waals surface area contributed by atoms with Crippen LogP contribution >= 0.6 is 0 Å². The van der Waals surface area contributed by atoms with E-state index in [0.717, 1.165) is 21.6 Å². The Morgan fingerprint density at radius 2 is 1.58 bits per heavy atom. The molecule has 3 aromatic rings. The largest absolute Gasteiger partial charge is 0.329 e. The minimum atomic E-state index is -3.81. The first kappa shape index (κ1) is 25.3. The molecule has 8 nitrogen and oxygen atoms in total. The summed E-state index contributed by atoms with van der Waals surface area (Å²) in [5.74, 6) is -1.06. The van der Waals surface area contributed by atoms with Crippen LogP contribution in [-0.4, -0.2) is 43.6 Å². The van der Waals surface area contributed by atoms with E-state index in [9.17, 15) is 22.8 Å². The highest BCUT2D eigenvalue weighted by atomic mass is 32.2. The first-order valence-electron chi connectivity index (χ1n) is 11.5. The van der Waals surface area contributed by atoms with Crippen molar-refractivity contribution >= 4 is 33.4 Å². The van der Waals surface area contributed by atoms with Gasteiger partial charge in [-0.25, -0.2) is 18.5 Å². The molecule has 0 spiro atoms. The number of benzene rings is 3. The number of hydrogen-bond donors (Lipinski definition) is 1. The summed E-state index contributed by atoms with van der Waals surface area (Å²) in [5, 5.41) is 5.17. The van der Waals surface area contributed by atoms with Crippen LogP contribution in [0.15, 0.2) is 83.8 Å². The third-order valence-corrected chi connectivity index (χ3v) is 7.13. The van der Waals surface area contributed by atoms with Gasteiger partial charge in [-0.15, -0.1) is 0 Å². The van der Waals surface area contributed by atoms with E-state index in [4.69, 9.17) is 5.14 Å². The molecule has 0 radical (unpaired) electrons. The third-order valence-electron chi connectivity index (χ3n) is 6.20. The van der Waals surface area contributed by atoms with Gasteiger partial charge >= 0.3 is 0 Å². The fraction of sp³-hybridized carbons (Fsp3) is 0.222. The third kappa shape index (κ3) is 5.69. The van der Waals surface area contributed by atoms with Crippen LogP contribution < -0.4 is 10.0 Å². The minimum absolute atomic E-state index is 0.00596. The molecule has 2 N–H and O–H groups in total. The summed E-state index contributed by atoms with van der Waals surface area (Å²) in [7, 11) is -3.81. The first-order chi connectivity index (χ1) is 17.1. The predicted octanol–water partition coefficient (Wildman–Crippen LogP) is 2.59. The summed E-state index contributed by atoms with van der Waals surface area (Å²) in [4.78, 5) is 42.3. The summed E-state index contributed by atoms with van der Waals surface area (Å²) >= 11 is 0. The maximum Gasteiger partial charge on any atom is 0.257 e. The molecule has 9 heteroatoms. The highest BCUT2D eigenvalue weighted by molar-refractivity contribution is 7.89. The molecular formula is C27H27N3O5S. The van der Waals surface area contributed by atoms with E-state index in [1.165, 1.54) is 17.0 Å². The summed E-state index contributed by atoms with van der Waals surface area (Å²) in [6, 6.07) is 21.4. The Balaban J connectivity index is 1.57. The van der Waals surface area contributed by atoms with E-state index < -0.39 is 22.0 Å². The lowest BCUT2D eigenvalue weighted by Gasteiger charge is -2.28. The lowest BCUT2D eigenvalue weighted by atomic mass is 10.1. The van der Waals surface area contributed by atoms with Crippen molar-refractivity contribution in [3.05, 3.63) is 95.6 Å². The SMILES string of the molecule is Cc1ccc(N2C(=O)CC(N(CCc3ccc(S(N)(=O)=O)cc3)C(=O)Cc3ccccc3)C2=O)cc1. The number of carbonyl (C=O) groups excluding carboxylic acids is 3. The van der Waals surface area contributed by atoms with Crippen LogP contribution in [0.3, 0.4) is 0 Å². The van der Waals surface area contributed by atoms with Gasteiger partial charge in [0.15, 0.2) is 0 Å². The fourth-order valence-corrected chi connectivity index (χ4v) is 4.76. The van der Waals surface area contributed by atoms with Crippen molar-refractivity contribution in [2.24, 2.45) is 5.14 Å². The number of amides is 3. The Kier molecular flexibility index (Phi) is 7.32. The van der Waals surface area contributed by atoms with Crippen LogP contribution in [0.1, 0.15) is 23.1 Å². The average molecular weight is 506 g/mol. The van der Waals surface area contributed by atoms with Crippen LogP contribution in [0.25, 0.3) is 0 Å². The van der Waals surface area contributed by atoms with Gasteiger partial charge in [0.2, 0.25) is 21.8 Å². The van der Waals surface area contributed by atoms with Crippen LogP contribution in [0.2, 0.25) is 0 Å². The van der Waals surface area contributed by atoms with Gasteiger partial charge in [-0.1, -0.05) is 60.2 Å². The summed E-state index contributed by atoms with van der Waals surface area (Å²) in [5.41, 5.74) is 3.05. The molecule has 3 aromatic carbocycles. The normalized spacial score (nSPS) is 15.8. The molecule has 0 saturated carbocycles. The lowest BCUT2D eigenvalue weighted by Crippen LogP contribution is -2.47. The Morgan fingerprint density at radius 3 is 2.19 bits per heavy atom. The van der Waals surface area contributed by atoms with Gasteiger partial charge in [0.25, 0.3) is 5.91 Å². The zero-order chi connectivity index (χ0) is 25.9. The van der Waals surface area contributed by atoms with Gasteiger partial charge in [-0.3, -0.25) is 14.4 Å². The Morgan fingerprint density at radius 1 is 0.944 bits per heavy atom. The molecule has 4 rings (SSSR count). The number of aryl methyl sites for hydroxylation is 1. The number of anilines is 1. The molecule has 1 saturated heterocycles. The molecule has 36 heavy (non-hydrogen) atoms. The second kappa shape index (κ2) is 10.4. The molecule has 1 unspecified atom stereocenters. The van der Waals surface area contributed by atoms with E-state index in [2.05, 4.69) is 0 Å². The second-order valence-corrected chi connectivity index (χ2v) is 10.4. The number of carbonyl (C=O) groups is 3. The number of nitrogens with two attached hydrogens (primary N) is 1. The molecule has 1 atom stereocenters. The standard InChI is InChI=1S/C27H27N3O5S/c1-19-7-11-22(12-8-19)30-26(32)18-24(27(30)33)29(25(31)17-21-5-3-2-4-6-21)16-15-20-9-13-23(14-10-20)36(28,34)35/h2-14,24H,15-18H2,1H3,(H2,28,34,35). The molecule has 0 aromatic heterocycles. The summed E-state index contributed by atoms with van der Waals surface area (Å²) in [6.07, 6.45) is 0.360. The minimum Gasteiger partial charge on any atom is -0.329 e. The summed E-state index contributed by atoms with van der Waals surface area (Å²) in [6.45, 7) is 2.10. The maximum atomic E-state index is 13.4. The zero-order valence-electron chi connectivity index (χ0n) is 19.8. The van der Waals surface area contributed by atoms with Gasteiger partial charge in [-0.2, -0.15) is 0 Å². The lowest BCUT2D eigenvalue weighted by molar-refractivity contribution is -0.137. The molecule has 1 aliphatic heterocycles. The molecule has 186 valence electrons. The van der Waals surface area contributed by atoms with E-state index >= 15 is 0 Å². The van der Waals surface area contributed by atoms with Crippen LogP contribution in [-0.2, 0) is 37.2 Å². The molecule has 1 heterocycles. The number of hydrogen-bond acceptors (Lipinski definition) is 5. The fourth-order valence-electron chi connectivity index (χ4n) is 4.25. The molecule has 0 bridgehead atoms. The molecule has 1 fully saturated rings. The average Bonchev–Trinajstić information content (AvgIpc) is 3.14. The van der Waals surface area contributed by atoms with E-state index in [1.807, 2.05) is 49.4 Å². The van der Waals surface area contributed by atoms with Crippen molar-refractivity contribution in [2.75, 3.05) is 11.4 Å². The van der Waals surface area contributed by atoms with Crippen molar-refractivity contribution in [1.29, 1.82) is 0 Å². The molecule has 1 aliphatic rings. The predicted molar refractivity (Wildman–Crippen MR) is 135 cm³/mol. The number of sulfonamides is 1. The monoisotopic (exact) mass is 505 g/mol. The van der Waals surface area contributed by atoms with Crippen molar-refractivity contribution < 1.29 is 22.8 Å². The van der Waals surface area contributed by atoms with Gasteiger partial charge in [0.05, 0.1) is 23.4 Å². The Bertz CT molecular complexity index is 1370. The van der Waals surface area contributed by atoms with E-state index in [0.29, 0.717) is 12.1 Å². The summed E-state index contributed by atoms with van der Waals surface area (Å²) < 4.78 is 23.1. The Labute approximate surface area is 210 Å². The van der Waals surface area contributed by atoms with Crippen molar-refractivity contribution in [3.63, 3.8) is 0 Å². The number of imide groups is 1. The Hall–Kier alpha value is -3.82. The van der Waals surface area contributed by atoms with Gasteiger partial charge in [-0.05, 0) is 48.7 Å². The molecule has 3 amide bonds. The van der Waals surface area contributed by atoms with Crippen LogP contribution in [0.4, 0.5) is 5.69 Å². The van der Waals surface area contributed by atoms with Crippen LogP contribution in [0.5, 0.6) is 0 Å². The van der Waals surface area contributed by atoms with E-state index in [-0.39, 0.29) is 36.1 Å². The van der Waals surface area contributed by atoms with E-state index in [1.54, 1.807) is 24.3 Å². The van der Waals surface area contributed by atoms with Gasteiger partial charge < -0.3 is 4.90 Å². The van der Waals surface area contributed by atoms with Crippen molar-refractivity contribution in [1.82, 2.24) is 4.90 Å². The highest BCUT2D eigenvalue weighted by Gasteiger charge is 2.44. The van der Waals surface area contributed by atoms with Gasteiger partial charge in [0.1, 0.15) is 6.04 Å². The number of primary sulfonamides is 1. The second-order valence-electron chi connectivity index (χ2n) is 8.81. The number of rotatable bonds is 8. The quantitative estimate of drug-likeness (QED) is 0.472. The highest BCUT2D eigenvalue weighted by Crippen LogP contribution is 2.27. The zero-order valence-corrected chi connectivity index (χ0v) is 20.6. The maximum absolute atomic E-state index is 13.4. The molecule has 0 aliphatic carbocycles. The topological polar surface area (TPSA) is 118 Å². The number of nitrogens with zero attached hydrogens (tertiary/aromatic N) is 2.